The van der Waals surface area contributed by atoms with Gasteiger partial charge in [-0.25, -0.2) is 11.2 Å². The fourth-order valence-electron chi connectivity index (χ4n) is 6.09. The molecule has 1 aromatic carbocycles. The molecule has 0 spiro atoms. The summed E-state index contributed by atoms with van der Waals surface area (Å²) in [6.07, 6.45) is 0.365. The number of ether oxygens (including phenoxy) is 2. The lowest BCUT2D eigenvalue weighted by atomic mass is 9.90. The third-order valence-electron chi connectivity index (χ3n) is 8.67. The highest BCUT2D eigenvalue weighted by atomic mass is 32.2. The number of amides is 1. The summed E-state index contributed by atoms with van der Waals surface area (Å²) in [5.41, 5.74) is -2.94. The molecule has 0 heterocycles. The molecule has 0 aliphatic rings. The molecule has 1 rings (SSSR count). The normalized spacial score (nSPS) is 12.9. The van der Waals surface area contributed by atoms with Gasteiger partial charge in [0.2, 0.25) is 12.0 Å². The van der Waals surface area contributed by atoms with Crippen molar-refractivity contribution >= 4 is 68.7 Å². The maximum atomic E-state index is 14.0. The molecule has 1 atom stereocenters. The second-order valence-corrected chi connectivity index (χ2v) is 23.6. The number of carbonyl (C=O) groups is 5. The first-order valence-corrected chi connectivity index (χ1v) is 24.4. The second-order valence-electron chi connectivity index (χ2n) is 15.4. The van der Waals surface area contributed by atoms with Gasteiger partial charge in [0.25, 0.3) is 14.4 Å². The first-order chi connectivity index (χ1) is 27.0. The first kappa shape index (κ1) is 53.6. The van der Waals surface area contributed by atoms with Crippen molar-refractivity contribution in [1.29, 1.82) is 0 Å². The van der Waals surface area contributed by atoms with E-state index in [-0.39, 0.29) is 72.2 Å². The zero-order valence-electron chi connectivity index (χ0n) is 36.8. The van der Waals surface area contributed by atoms with Crippen LogP contribution in [0.5, 0.6) is 0 Å². The Bertz CT molecular complexity index is 1500. The number of esters is 2. The predicted molar refractivity (Wildman–Crippen MR) is 232 cm³/mol. The molecule has 1 aromatic rings. The summed E-state index contributed by atoms with van der Waals surface area (Å²) in [6, 6.07) is 4.88. The van der Waals surface area contributed by atoms with Crippen molar-refractivity contribution in [3.63, 3.8) is 0 Å². The molecule has 0 bridgehead atoms. The molecule has 0 radical (unpaired) electrons. The summed E-state index contributed by atoms with van der Waals surface area (Å²) < 4.78 is 39.4. The average Bonchev–Trinajstić information content (AvgIpc) is 3.09. The van der Waals surface area contributed by atoms with Gasteiger partial charge >= 0.3 is 20.5 Å². The van der Waals surface area contributed by atoms with Crippen molar-refractivity contribution in [2.75, 3.05) is 46.1 Å². The highest BCUT2D eigenvalue weighted by molar-refractivity contribution is 8.14. The van der Waals surface area contributed by atoms with Gasteiger partial charge in [0.15, 0.2) is 10.2 Å². The SMILES string of the molecule is [C-]#[N+]CCOP(OCC(CO[Si](OC(C)(C)CCNC(=O)c1cc(SC(C)=O)cc(SC(C)=O)c1)(C(C)C)C(C)C)(C(=O)OCC)C(=O)OCC)N(C(C)C)C(C)C. The van der Waals surface area contributed by atoms with Crippen LogP contribution in [0.3, 0.4) is 0 Å². The molecule has 1 amide bonds. The zero-order valence-corrected chi connectivity index (χ0v) is 40.4. The van der Waals surface area contributed by atoms with Crippen LogP contribution >= 0.6 is 32.0 Å². The van der Waals surface area contributed by atoms with Crippen LogP contribution in [-0.2, 0) is 46.6 Å². The van der Waals surface area contributed by atoms with Crippen LogP contribution in [0.1, 0.15) is 114 Å². The Morgan fingerprint density at radius 3 is 1.74 bits per heavy atom. The molecule has 0 aliphatic carbocycles. The van der Waals surface area contributed by atoms with E-state index in [9.17, 15) is 24.0 Å². The number of rotatable bonds is 26. The Balaban J connectivity index is 3.53. The first-order valence-electron chi connectivity index (χ1n) is 19.7. The van der Waals surface area contributed by atoms with E-state index >= 15 is 0 Å². The minimum Gasteiger partial charge on any atom is -0.465 e. The number of nitrogens with zero attached hydrogens (tertiary/aromatic N) is 2. The number of nitrogens with one attached hydrogen (secondary N) is 1. The van der Waals surface area contributed by atoms with Crippen LogP contribution < -0.4 is 5.32 Å². The van der Waals surface area contributed by atoms with E-state index in [1.165, 1.54) is 13.8 Å². The molecule has 0 aliphatic heterocycles. The van der Waals surface area contributed by atoms with Crippen LogP contribution in [0.25, 0.3) is 4.85 Å². The van der Waals surface area contributed by atoms with Gasteiger partial charge in [0.1, 0.15) is 6.61 Å². The Morgan fingerprint density at radius 1 is 0.828 bits per heavy atom. The van der Waals surface area contributed by atoms with Gasteiger partial charge in [-0.15, -0.1) is 0 Å². The van der Waals surface area contributed by atoms with Gasteiger partial charge in [0.05, 0.1) is 32.0 Å². The number of hydrogen-bond acceptors (Lipinski definition) is 14. The van der Waals surface area contributed by atoms with Gasteiger partial charge in [-0.05, 0) is 91.1 Å². The maximum Gasteiger partial charge on any atom is 0.343 e. The number of carbonyl (C=O) groups excluding carboxylic acids is 5. The van der Waals surface area contributed by atoms with Crippen LogP contribution in [0, 0.1) is 12.0 Å². The molecule has 0 saturated carbocycles. The molecule has 0 saturated heterocycles. The van der Waals surface area contributed by atoms with E-state index in [1.54, 1.807) is 32.0 Å². The predicted octanol–water partition coefficient (Wildman–Crippen LogP) is 8.57. The van der Waals surface area contributed by atoms with E-state index in [4.69, 9.17) is 33.9 Å². The molecule has 328 valence electrons. The standard InChI is InChI=1S/C40H66N3O11PS2Si/c1-16-49-37(47)40(38(48)50-17-2,25-52-55(51-21-20-41-15)43(27(3)4)28(5)6)26-53-58(29(7)8,30(9)10)54-39(13,14)18-19-42-36(46)33-22-34(56-31(11)44)24-35(23-33)57-32(12)45/h22-24,27-30H,16-21,25-26H2,1-14H3,(H,42,46). The van der Waals surface area contributed by atoms with Gasteiger partial charge in [0, 0.05) is 47.8 Å². The Labute approximate surface area is 357 Å². The van der Waals surface area contributed by atoms with E-state index in [2.05, 4.69) is 10.2 Å². The zero-order chi connectivity index (χ0) is 44.4. The Kier molecular flexibility index (Phi) is 23.5. The fraction of sp³-hybridized carbons (Fsp3) is 0.700. The molecule has 14 nitrogen and oxygen atoms in total. The van der Waals surface area contributed by atoms with Crippen molar-refractivity contribution in [2.45, 2.75) is 142 Å². The highest BCUT2D eigenvalue weighted by Gasteiger charge is 2.56. The van der Waals surface area contributed by atoms with Crippen LogP contribution in [0.2, 0.25) is 11.1 Å². The maximum absolute atomic E-state index is 14.0. The van der Waals surface area contributed by atoms with Crippen molar-refractivity contribution in [1.82, 2.24) is 9.99 Å². The molecule has 1 N–H and O–H groups in total. The van der Waals surface area contributed by atoms with Crippen molar-refractivity contribution in [2.24, 2.45) is 5.41 Å². The average molecular weight is 888 g/mol. The monoisotopic (exact) mass is 887 g/mol. The van der Waals surface area contributed by atoms with Gasteiger partial charge < -0.3 is 37.5 Å². The second kappa shape index (κ2) is 25.4. The quantitative estimate of drug-likeness (QED) is 0.0179. The minimum absolute atomic E-state index is 0.0106. The van der Waals surface area contributed by atoms with E-state index in [0.717, 1.165) is 23.5 Å². The smallest absolute Gasteiger partial charge is 0.343 e. The Morgan fingerprint density at radius 2 is 1.33 bits per heavy atom. The van der Waals surface area contributed by atoms with Crippen LogP contribution in [0.15, 0.2) is 28.0 Å². The number of thioether (sulfide) groups is 2. The summed E-state index contributed by atoms with van der Waals surface area (Å²) in [4.78, 5) is 69.6. The molecule has 0 fully saturated rings. The third-order valence-corrected chi connectivity index (χ3v) is 16.9. The van der Waals surface area contributed by atoms with Crippen molar-refractivity contribution in [3.8, 4) is 0 Å². The molecular formula is C40H66N3O11PS2Si. The van der Waals surface area contributed by atoms with Crippen molar-refractivity contribution < 1.29 is 51.3 Å². The summed E-state index contributed by atoms with van der Waals surface area (Å²) in [5, 5.41) is 2.65. The third kappa shape index (κ3) is 16.6. The van der Waals surface area contributed by atoms with E-state index in [0.29, 0.717) is 21.8 Å². The topological polar surface area (TPSA) is 160 Å². The summed E-state index contributed by atoms with van der Waals surface area (Å²) in [6.45, 7) is 32.5. The molecule has 0 aromatic heterocycles. The lowest BCUT2D eigenvalue weighted by Crippen LogP contribution is -2.58. The lowest BCUT2D eigenvalue weighted by molar-refractivity contribution is -0.178. The van der Waals surface area contributed by atoms with Crippen LogP contribution in [0.4, 0.5) is 0 Å². The number of hydrogen-bond donors (Lipinski definition) is 1. The Hall–Kier alpha value is -2.39. The van der Waals surface area contributed by atoms with Crippen LogP contribution in [-0.4, -0.2) is 105 Å². The minimum atomic E-state index is -3.38. The van der Waals surface area contributed by atoms with Gasteiger partial charge in [-0.3, -0.25) is 24.0 Å². The molecule has 1 unspecified atom stereocenters. The molecular weight excluding hydrogens is 822 g/mol. The largest absolute Gasteiger partial charge is 0.465 e. The fourth-order valence-corrected chi connectivity index (χ4v) is 13.2. The number of benzene rings is 1. The van der Waals surface area contributed by atoms with Crippen molar-refractivity contribution in [3.05, 3.63) is 35.2 Å². The molecule has 58 heavy (non-hydrogen) atoms. The lowest BCUT2D eigenvalue weighted by Gasteiger charge is -2.45. The van der Waals surface area contributed by atoms with E-state index < -0.39 is 53.3 Å². The molecule has 18 heteroatoms. The summed E-state index contributed by atoms with van der Waals surface area (Å²) in [5.74, 6) is -2.10. The summed E-state index contributed by atoms with van der Waals surface area (Å²) in [7, 11) is -5.23. The van der Waals surface area contributed by atoms with Gasteiger partial charge in [-0.1, -0.05) is 51.2 Å². The highest BCUT2D eigenvalue weighted by Crippen LogP contribution is 2.48. The van der Waals surface area contributed by atoms with E-state index in [1.807, 2.05) is 73.9 Å². The summed E-state index contributed by atoms with van der Waals surface area (Å²) >= 11 is 1.96. The van der Waals surface area contributed by atoms with Gasteiger partial charge in [-0.2, -0.15) is 0 Å².